The van der Waals surface area contributed by atoms with Crippen LogP contribution in [0.4, 0.5) is 0 Å². The van der Waals surface area contributed by atoms with Gasteiger partial charge in [-0.15, -0.1) is 0 Å². The van der Waals surface area contributed by atoms with E-state index >= 15 is 0 Å². The molecule has 0 saturated heterocycles. The number of rotatable bonds is 4. The molecular formula is C16H31N. The molecule has 0 amide bonds. The smallest absolute Gasteiger partial charge is 0.000527 e. The number of hydrogen-bond donors (Lipinski definition) is 1. The quantitative estimate of drug-likeness (QED) is 0.709. The van der Waals surface area contributed by atoms with Crippen LogP contribution in [-0.2, 0) is 0 Å². The normalized spacial score (nSPS) is 26.6. The molecule has 2 rings (SSSR count). The Morgan fingerprint density at radius 1 is 0.882 bits per heavy atom. The summed E-state index contributed by atoms with van der Waals surface area (Å²) in [6.45, 7) is 5.05. The zero-order chi connectivity index (χ0) is 12.0. The molecule has 1 heteroatoms. The van der Waals surface area contributed by atoms with Crippen molar-refractivity contribution >= 4 is 0 Å². The minimum absolute atomic E-state index is 0.614. The van der Waals surface area contributed by atoms with Crippen LogP contribution in [0.5, 0.6) is 0 Å². The monoisotopic (exact) mass is 237 g/mol. The lowest BCUT2D eigenvalue weighted by Gasteiger charge is -2.34. The Hall–Kier alpha value is -0.0400. The van der Waals surface area contributed by atoms with E-state index < -0.39 is 0 Å². The van der Waals surface area contributed by atoms with Gasteiger partial charge in [0.15, 0.2) is 0 Å². The molecule has 2 saturated carbocycles. The van der Waals surface area contributed by atoms with E-state index in [0.29, 0.717) is 5.41 Å². The maximum Gasteiger partial charge on any atom is 0.000527 e. The molecule has 0 heterocycles. The predicted octanol–water partition coefficient (Wildman–Crippen LogP) is 4.52. The highest BCUT2D eigenvalue weighted by atomic mass is 14.9. The average molecular weight is 237 g/mol. The second kappa shape index (κ2) is 6.78. The molecule has 2 aliphatic carbocycles. The van der Waals surface area contributed by atoms with Gasteiger partial charge in [-0.3, -0.25) is 0 Å². The van der Waals surface area contributed by atoms with Crippen molar-refractivity contribution in [2.24, 2.45) is 11.3 Å². The molecule has 0 atom stereocenters. The fraction of sp³-hybridized carbons (Fsp3) is 1.00. The molecule has 0 unspecified atom stereocenters. The Morgan fingerprint density at radius 3 is 2.12 bits per heavy atom. The summed E-state index contributed by atoms with van der Waals surface area (Å²) in [4.78, 5) is 0. The zero-order valence-electron chi connectivity index (χ0n) is 11.8. The third-order valence-electron chi connectivity index (χ3n) is 5.02. The fourth-order valence-corrected chi connectivity index (χ4v) is 3.73. The van der Waals surface area contributed by atoms with Crippen molar-refractivity contribution in [2.75, 3.05) is 13.1 Å². The van der Waals surface area contributed by atoms with Crippen LogP contribution in [0.2, 0.25) is 0 Å². The maximum atomic E-state index is 3.79. The average Bonchev–Trinajstić information content (AvgIpc) is 2.58. The second-order valence-corrected chi connectivity index (χ2v) is 6.86. The Morgan fingerprint density at radius 2 is 1.47 bits per heavy atom. The molecule has 2 fully saturated rings. The molecule has 2 aliphatic rings. The standard InChI is InChI=1S/C16H31N/c1-16(11-7-4-8-12-16)14-17-13-15-9-5-2-3-6-10-15/h15,17H,2-14H2,1H3. The van der Waals surface area contributed by atoms with Gasteiger partial charge in [-0.05, 0) is 43.6 Å². The van der Waals surface area contributed by atoms with Crippen LogP contribution in [0.3, 0.4) is 0 Å². The third kappa shape index (κ3) is 4.62. The fourth-order valence-electron chi connectivity index (χ4n) is 3.73. The summed E-state index contributed by atoms with van der Waals surface area (Å²) in [5.74, 6) is 0.977. The van der Waals surface area contributed by atoms with E-state index in [-0.39, 0.29) is 0 Å². The molecule has 0 spiro atoms. The molecule has 1 N–H and O–H groups in total. The van der Waals surface area contributed by atoms with Gasteiger partial charge >= 0.3 is 0 Å². The molecule has 0 aromatic rings. The van der Waals surface area contributed by atoms with Crippen LogP contribution in [-0.4, -0.2) is 13.1 Å². The first kappa shape index (κ1) is 13.4. The molecule has 0 bridgehead atoms. The number of hydrogen-bond acceptors (Lipinski definition) is 1. The van der Waals surface area contributed by atoms with Crippen molar-refractivity contribution in [3.63, 3.8) is 0 Å². The van der Waals surface area contributed by atoms with Gasteiger partial charge in [0.25, 0.3) is 0 Å². The maximum absolute atomic E-state index is 3.79. The molecule has 0 radical (unpaired) electrons. The van der Waals surface area contributed by atoms with Crippen LogP contribution < -0.4 is 5.32 Å². The third-order valence-corrected chi connectivity index (χ3v) is 5.02. The van der Waals surface area contributed by atoms with Crippen molar-refractivity contribution in [1.29, 1.82) is 0 Å². The van der Waals surface area contributed by atoms with Gasteiger partial charge in [0.1, 0.15) is 0 Å². The highest BCUT2D eigenvalue weighted by Crippen LogP contribution is 2.35. The summed E-state index contributed by atoms with van der Waals surface area (Å²) < 4.78 is 0. The van der Waals surface area contributed by atoms with Gasteiger partial charge in [-0.25, -0.2) is 0 Å². The van der Waals surface area contributed by atoms with E-state index in [9.17, 15) is 0 Å². The molecule has 0 aliphatic heterocycles. The highest BCUT2D eigenvalue weighted by molar-refractivity contribution is 4.81. The van der Waals surface area contributed by atoms with Crippen molar-refractivity contribution in [3.8, 4) is 0 Å². The van der Waals surface area contributed by atoms with E-state index in [1.165, 1.54) is 83.7 Å². The topological polar surface area (TPSA) is 12.0 Å². The second-order valence-electron chi connectivity index (χ2n) is 6.86. The van der Waals surface area contributed by atoms with Gasteiger partial charge in [-0.2, -0.15) is 0 Å². The number of nitrogens with one attached hydrogen (secondary N) is 1. The van der Waals surface area contributed by atoms with Crippen molar-refractivity contribution < 1.29 is 0 Å². The van der Waals surface area contributed by atoms with Gasteiger partial charge in [0.2, 0.25) is 0 Å². The van der Waals surface area contributed by atoms with Gasteiger partial charge in [0, 0.05) is 6.54 Å². The summed E-state index contributed by atoms with van der Waals surface area (Å²) in [5, 5.41) is 3.79. The van der Waals surface area contributed by atoms with Gasteiger partial charge < -0.3 is 5.32 Å². The highest BCUT2D eigenvalue weighted by Gasteiger charge is 2.26. The first-order valence-electron chi connectivity index (χ1n) is 7.99. The largest absolute Gasteiger partial charge is 0.316 e. The predicted molar refractivity (Wildman–Crippen MR) is 75.3 cm³/mol. The molecule has 0 aromatic heterocycles. The summed E-state index contributed by atoms with van der Waals surface area (Å²) in [6, 6.07) is 0. The van der Waals surface area contributed by atoms with Crippen LogP contribution in [0.1, 0.15) is 77.6 Å². The van der Waals surface area contributed by atoms with E-state index in [4.69, 9.17) is 0 Å². The van der Waals surface area contributed by atoms with Crippen LogP contribution in [0.15, 0.2) is 0 Å². The SMILES string of the molecule is CC1(CNCC2CCCCCC2)CCCCC1. The zero-order valence-corrected chi connectivity index (χ0v) is 11.8. The molecule has 100 valence electrons. The minimum atomic E-state index is 0.614. The summed E-state index contributed by atoms with van der Waals surface area (Å²) in [7, 11) is 0. The first-order valence-corrected chi connectivity index (χ1v) is 7.99. The molecule has 1 nitrogen and oxygen atoms in total. The van der Waals surface area contributed by atoms with Crippen LogP contribution in [0, 0.1) is 11.3 Å². The molecule has 0 aromatic carbocycles. The van der Waals surface area contributed by atoms with E-state index in [1.54, 1.807) is 0 Å². The summed E-state index contributed by atoms with van der Waals surface area (Å²) in [5.41, 5.74) is 0.614. The van der Waals surface area contributed by atoms with Crippen LogP contribution in [0.25, 0.3) is 0 Å². The Labute approximate surface area is 108 Å². The Bertz CT molecular complexity index is 198. The lowest BCUT2D eigenvalue weighted by atomic mass is 9.75. The molecular weight excluding hydrogens is 206 g/mol. The van der Waals surface area contributed by atoms with E-state index in [0.717, 1.165) is 5.92 Å². The Balaban J connectivity index is 1.63. The van der Waals surface area contributed by atoms with Gasteiger partial charge in [-0.1, -0.05) is 51.9 Å². The minimum Gasteiger partial charge on any atom is -0.316 e. The van der Waals surface area contributed by atoms with Crippen molar-refractivity contribution in [2.45, 2.75) is 77.6 Å². The summed E-state index contributed by atoms with van der Waals surface area (Å²) in [6.07, 6.45) is 16.2. The Kier molecular flexibility index (Phi) is 5.34. The molecule has 17 heavy (non-hydrogen) atoms. The van der Waals surface area contributed by atoms with Crippen molar-refractivity contribution in [1.82, 2.24) is 5.32 Å². The summed E-state index contributed by atoms with van der Waals surface area (Å²) >= 11 is 0. The van der Waals surface area contributed by atoms with E-state index in [1.807, 2.05) is 0 Å². The van der Waals surface area contributed by atoms with E-state index in [2.05, 4.69) is 12.2 Å². The first-order chi connectivity index (χ1) is 8.29. The van der Waals surface area contributed by atoms with Crippen molar-refractivity contribution in [3.05, 3.63) is 0 Å². The lowest BCUT2D eigenvalue weighted by molar-refractivity contribution is 0.203. The van der Waals surface area contributed by atoms with Crippen LogP contribution >= 0.6 is 0 Å². The van der Waals surface area contributed by atoms with Gasteiger partial charge in [0.05, 0.1) is 0 Å². The lowest BCUT2D eigenvalue weighted by Crippen LogP contribution is -2.36.